The van der Waals surface area contributed by atoms with Crippen molar-refractivity contribution in [2.45, 2.75) is 19.4 Å². The maximum absolute atomic E-state index is 8.52. The average Bonchev–Trinajstić information content (AvgIpc) is 2.70. The van der Waals surface area contributed by atoms with Crippen molar-refractivity contribution < 1.29 is 9.84 Å². The molecule has 16 heavy (non-hydrogen) atoms. The third kappa shape index (κ3) is 5.41. The van der Waals surface area contributed by atoms with Gasteiger partial charge in [-0.1, -0.05) is 0 Å². The van der Waals surface area contributed by atoms with Crippen LogP contribution in [0.2, 0.25) is 0 Å². The molecule has 0 saturated heterocycles. The quantitative estimate of drug-likeness (QED) is 0.725. The highest BCUT2D eigenvalue weighted by Crippen LogP contribution is 2.25. The van der Waals surface area contributed by atoms with Crippen molar-refractivity contribution in [3.8, 4) is 0 Å². The predicted molar refractivity (Wildman–Crippen MR) is 71.0 cm³/mol. The molecule has 1 aromatic rings. The van der Waals surface area contributed by atoms with Crippen molar-refractivity contribution >= 4 is 27.3 Å². The Balaban J connectivity index is 2.09. The number of hydrogen-bond acceptors (Lipinski definition) is 4. The van der Waals surface area contributed by atoms with E-state index < -0.39 is 0 Å². The predicted octanol–water partition coefficient (Wildman–Crippen LogP) is 2.56. The van der Waals surface area contributed by atoms with Gasteiger partial charge in [0.25, 0.3) is 0 Å². The number of halogens is 1. The molecule has 0 aliphatic rings. The highest BCUT2D eigenvalue weighted by Gasteiger charge is 2.06. The van der Waals surface area contributed by atoms with Crippen LogP contribution >= 0.6 is 27.3 Å². The molecule has 0 bridgehead atoms. The molecule has 0 saturated carbocycles. The summed E-state index contributed by atoms with van der Waals surface area (Å²) in [5, 5.41) is 14.0. The molecular weight excluding hydrogens is 290 g/mol. The van der Waals surface area contributed by atoms with E-state index >= 15 is 0 Å². The lowest BCUT2D eigenvalue weighted by molar-refractivity contribution is 0.0905. The van der Waals surface area contributed by atoms with E-state index in [1.54, 1.807) is 11.3 Å². The summed E-state index contributed by atoms with van der Waals surface area (Å²) in [6.45, 7) is 4.34. The molecule has 1 atom stereocenters. The van der Waals surface area contributed by atoms with E-state index in [1.807, 2.05) is 0 Å². The number of ether oxygens (including phenoxy) is 1. The number of rotatable bonds is 8. The third-order valence-corrected chi connectivity index (χ3v) is 4.04. The summed E-state index contributed by atoms with van der Waals surface area (Å²) in [6.07, 6.45) is 0.969. The molecule has 0 radical (unpaired) electrons. The highest BCUT2D eigenvalue weighted by atomic mass is 79.9. The zero-order chi connectivity index (χ0) is 11.8. The molecule has 92 valence electrons. The van der Waals surface area contributed by atoms with Gasteiger partial charge >= 0.3 is 0 Å². The molecule has 0 aliphatic carbocycles. The van der Waals surface area contributed by atoms with Crippen LogP contribution in [0.3, 0.4) is 0 Å². The Bertz CT molecular complexity index is 293. The fraction of sp³-hybridized carbons (Fsp3) is 0.636. The van der Waals surface area contributed by atoms with E-state index in [0.717, 1.165) is 17.4 Å². The Morgan fingerprint density at radius 1 is 1.56 bits per heavy atom. The summed E-state index contributed by atoms with van der Waals surface area (Å²) in [5.41, 5.74) is 0. The number of thiophene rings is 1. The van der Waals surface area contributed by atoms with Crippen LogP contribution in [0.5, 0.6) is 0 Å². The first-order valence-corrected chi connectivity index (χ1v) is 7.07. The number of aliphatic hydroxyl groups excluding tert-OH is 1. The molecule has 3 nitrogen and oxygen atoms in total. The normalized spacial score (nSPS) is 12.9. The molecule has 2 N–H and O–H groups in total. The summed E-state index contributed by atoms with van der Waals surface area (Å²) in [7, 11) is 0. The molecular formula is C11H18BrNO2S. The number of nitrogens with one attached hydrogen (secondary N) is 1. The van der Waals surface area contributed by atoms with Crippen LogP contribution in [0.15, 0.2) is 15.9 Å². The van der Waals surface area contributed by atoms with Crippen molar-refractivity contribution in [2.24, 2.45) is 0 Å². The Kier molecular flexibility index (Phi) is 7.23. The average molecular weight is 308 g/mol. The molecule has 0 aliphatic heterocycles. The van der Waals surface area contributed by atoms with Crippen LogP contribution in [0.1, 0.15) is 24.3 Å². The Morgan fingerprint density at radius 3 is 3.00 bits per heavy atom. The van der Waals surface area contributed by atoms with Crippen LogP contribution in [-0.2, 0) is 4.74 Å². The van der Waals surface area contributed by atoms with Crippen molar-refractivity contribution in [3.05, 3.63) is 20.8 Å². The van der Waals surface area contributed by atoms with E-state index in [1.165, 1.54) is 4.88 Å². The Hall–Kier alpha value is 0.0600. The summed E-state index contributed by atoms with van der Waals surface area (Å²) >= 11 is 5.21. The maximum atomic E-state index is 8.52. The molecule has 1 heterocycles. The monoisotopic (exact) mass is 307 g/mol. The Labute approximate surface area is 109 Å². The van der Waals surface area contributed by atoms with Gasteiger partial charge in [0, 0.05) is 27.4 Å². The summed E-state index contributed by atoms with van der Waals surface area (Å²) in [4.78, 5) is 1.34. The van der Waals surface area contributed by atoms with E-state index in [2.05, 4.69) is 39.6 Å². The third-order valence-electron chi connectivity index (χ3n) is 2.17. The maximum Gasteiger partial charge on any atom is 0.0697 e. The molecule has 0 aromatic carbocycles. The second kappa shape index (κ2) is 8.20. The fourth-order valence-electron chi connectivity index (χ4n) is 1.32. The van der Waals surface area contributed by atoms with Crippen LogP contribution in [0.25, 0.3) is 0 Å². The molecule has 0 amide bonds. The lowest BCUT2D eigenvalue weighted by atomic mass is 10.2. The summed E-state index contributed by atoms with van der Waals surface area (Å²) < 4.78 is 6.33. The molecule has 1 aromatic heterocycles. The van der Waals surface area contributed by atoms with Crippen LogP contribution in [0.4, 0.5) is 0 Å². The minimum absolute atomic E-state index is 0.104. The zero-order valence-electron chi connectivity index (χ0n) is 9.41. The van der Waals surface area contributed by atoms with Gasteiger partial charge in [-0.25, -0.2) is 0 Å². The van der Waals surface area contributed by atoms with Gasteiger partial charge in [-0.2, -0.15) is 0 Å². The van der Waals surface area contributed by atoms with Crippen molar-refractivity contribution in [1.29, 1.82) is 0 Å². The van der Waals surface area contributed by atoms with Gasteiger partial charge < -0.3 is 15.2 Å². The largest absolute Gasteiger partial charge is 0.394 e. The second-order valence-corrected chi connectivity index (χ2v) is 5.39. The van der Waals surface area contributed by atoms with Crippen LogP contribution in [-0.4, -0.2) is 31.5 Å². The van der Waals surface area contributed by atoms with Gasteiger partial charge in [-0.05, 0) is 41.9 Å². The van der Waals surface area contributed by atoms with Gasteiger partial charge in [0.2, 0.25) is 0 Å². The van der Waals surface area contributed by atoms with Gasteiger partial charge in [-0.15, -0.1) is 11.3 Å². The van der Waals surface area contributed by atoms with E-state index in [-0.39, 0.29) is 6.61 Å². The van der Waals surface area contributed by atoms with E-state index in [0.29, 0.717) is 19.3 Å². The standard InChI is InChI=1S/C11H18BrNO2S/c1-9(11-7-10(12)8-16-11)13-3-2-5-15-6-4-14/h7-9,13-14H,2-6H2,1H3. The van der Waals surface area contributed by atoms with Crippen molar-refractivity contribution in [3.63, 3.8) is 0 Å². The molecule has 0 spiro atoms. The highest BCUT2D eigenvalue weighted by molar-refractivity contribution is 9.10. The lowest BCUT2D eigenvalue weighted by Gasteiger charge is -2.11. The topological polar surface area (TPSA) is 41.5 Å². The zero-order valence-corrected chi connectivity index (χ0v) is 11.8. The van der Waals surface area contributed by atoms with Gasteiger partial charge in [-0.3, -0.25) is 0 Å². The first-order chi connectivity index (χ1) is 7.74. The van der Waals surface area contributed by atoms with Crippen molar-refractivity contribution in [1.82, 2.24) is 5.32 Å². The molecule has 0 fully saturated rings. The minimum Gasteiger partial charge on any atom is -0.394 e. The SMILES string of the molecule is CC(NCCCOCCO)c1cc(Br)cs1. The van der Waals surface area contributed by atoms with Crippen molar-refractivity contribution in [2.75, 3.05) is 26.4 Å². The van der Waals surface area contributed by atoms with Gasteiger partial charge in [0.15, 0.2) is 0 Å². The van der Waals surface area contributed by atoms with Gasteiger partial charge in [0.05, 0.1) is 13.2 Å². The minimum atomic E-state index is 0.104. The summed E-state index contributed by atoms with van der Waals surface area (Å²) in [5.74, 6) is 0. The van der Waals surface area contributed by atoms with E-state index in [9.17, 15) is 0 Å². The molecule has 1 rings (SSSR count). The fourth-order valence-corrected chi connectivity index (χ4v) is 2.79. The number of aliphatic hydroxyl groups is 1. The first kappa shape index (κ1) is 14.1. The Morgan fingerprint density at radius 2 is 2.38 bits per heavy atom. The summed E-state index contributed by atoms with van der Waals surface area (Å²) in [6, 6.07) is 2.53. The lowest BCUT2D eigenvalue weighted by Crippen LogP contribution is -2.20. The smallest absolute Gasteiger partial charge is 0.0697 e. The van der Waals surface area contributed by atoms with Crippen LogP contribution in [0, 0.1) is 0 Å². The van der Waals surface area contributed by atoms with E-state index in [4.69, 9.17) is 9.84 Å². The van der Waals surface area contributed by atoms with Crippen LogP contribution < -0.4 is 5.32 Å². The first-order valence-electron chi connectivity index (χ1n) is 5.40. The van der Waals surface area contributed by atoms with Gasteiger partial charge in [0.1, 0.15) is 0 Å². The molecule has 1 unspecified atom stereocenters. The second-order valence-electron chi connectivity index (χ2n) is 3.53. The molecule has 5 heteroatoms. The number of hydrogen-bond donors (Lipinski definition) is 2.